The van der Waals surface area contributed by atoms with Crippen molar-refractivity contribution in [1.82, 2.24) is 9.55 Å². The molecular weight excluding hydrogens is 238 g/mol. The second-order valence-corrected chi connectivity index (χ2v) is 5.09. The van der Waals surface area contributed by atoms with Gasteiger partial charge < -0.3 is 15.0 Å². The minimum Gasteiger partial charge on any atom is -0.496 e. The van der Waals surface area contributed by atoms with Crippen LogP contribution in [0.3, 0.4) is 0 Å². The highest BCUT2D eigenvalue weighted by Crippen LogP contribution is 2.22. The summed E-state index contributed by atoms with van der Waals surface area (Å²) >= 11 is 0. The summed E-state index contributed by atoms with van der Waals surface area (Å²) in [5.41, 5.74) is 8.25. The van der Waals surface area contributed by atoms with Crippen molar-refractivity contribution in [3.8, 4) is 5.75 Å². The Morgan fingerprint density at radius 2 is 2.26 bits per heavy atom. The monoisotopic (exact) mass is 257 g/mol. The third-order valence-corrected chi connectivity index (χ3v) is 3.64. The number of hydrogen-bond acceptors (Lipinski definition) is 3. The lowest BCUT2D eigenvalue weighted by atomic mass is 10.1. The van der Waals surface area contributed by atoms with Crippen LogP contribution in [-0.2, 0) is 19.4 Å². The maximum atomic E-state index is 5.99. The van der Waals surface area contributed by atoms with E-state index >= 15 is 0 Å². The molecule has 0 radical (unpaired) electrons. The van der Waals surface area contributed by atoms with Crippen molar-refractivity contribution in [2.24, 2.45) is 5.73 Å². The zero-order chi connectivity index (χ0) is 13.2. The molecule has 0 bridgehead atoms. The number of aromatic nitrogens is 2. The van der Waals surface area contributed by atoms with Gasteiger partial charge in [-0.1, -0.05) is 18.2 Å². The first kappa shape index (κ1) is 12.2. The van der Waals surface area contributed by atoms with Crippen molar-refractivity contribution in [2.75, 3.05) is 7.11 Å². The Balaban J connectivity index is 1.84. The lowest BCUT2D eigenvalue weighted by molar-refractivity contribution is 0.410. The summed E-state index contributed by atoms with van der Waals surface area (Å²) in [7, 11) is 1.70. The predicted octanol–water partition coefficient (Wildman–Crippen LogP) is 1.76. The number of nitrogens with zero attached hydrogens (tertiary/aromatic N) is 2. The largest absolute Gasteiger partial charge is 0.496 e. The molecule has 0 aliphatic carbocycles. The summed E-state index contributed by atoms with van der Waals surface area (Å²) in [5.74, 6) is 2.08. The molecule has 0 saturated heterocycles. The highest BCUT2D eigenvalue weighted by molar-refractivity contribution is 5.36. The van der Waals surface area contributed by atoms with E-state index in [2.05, 4.69) is 16.8 Å². The highest BCUT2D eigenvalue weighted by atomic mass is 16.5. The lowest BCUT2D eigenvalue weighted by Gasteiger charge is -2.19. The van der Waals surface area contributed by atoms with Crippen molar-refractivity contribution >= 4 is 0 Å². The van der Waals surface area contributed by atoms with Gasteiger partial charge in [-0.15, -0.1) is 0 Å². The molecule has 1 aromatic carbocycles. The van der Waals surface area contributed by atoms with Gasteiger partial charge in [-0.3, -0.25) is 0 Å². The van der Waals surface area contributed by atoms with Crippen LogP contribution in [0.15, 0.2) is 30.5 Å². The summed E-state index contributed by atoms with van der Waals surface area (Å²) < 4.78 is 7.58. The number of benzene rings is 1. The number of fused-ring (bicyclic) bond motifs is 1. The van der Waals surface area contributed by atoms with Gasteiger partial charge in [-0.2, -0.15) is 0 Å². The first-order valence-electron chi connectivity index (χ1n) is 6.68. The average Bonchev–Trinajstić information content (AvgIpc) is 2.80. The second kappa shape index (κ2) is 5.05. The Morgan fingerprint density at radius 1 is 1.42 bits per heavy atom. The molecule has 1 atom stereocenters. The number of ether oxygens (including phenoxy) is 1. The van der Waals surface area contributed by atoms with Crippen molar-refractivity contribution in [1.29, 1.82) is 0 Å². The summed E-state index contributed by atoms with van der Waals surface area (Å²) in [6.07, 6.45) is 4.94. The number of para-hydroxylation sites is 1. The minimum atomic E-state index is 0.265. The molecule has 100 valence electrons. The molecule has 4 nitrogen and oxygen atoms in total. The molecule has 2 heterocycles. The SMILES string of the molecule is COc1ccccc1Cc1cn2c(n1)CCC(N)C2. The van der Waals surface area contributed by atoms with Crippen LogP contribution in [0.25, 0.3) is 0 Å². The van der Waals surface area contributed by atoms with Crippen LogP contribution in [0.2, 0.25) is 0 Å². The molecule has 1 aliphatic heterocycles. The topological polar surface area (TPSA) is 53.1 Å². The maximum absolute atomic E-state index is 5.99. The van der Waals surface area contributed by atoms with Crippen LogP contribution in [0.5, 0.6) is 5.75 Å². The summed E-state index contributed by atoms with van der Waals surface area (Å²) in [4.78, 5) is 4.71. The van der Waals surface area contributed by atoms with Crippen LogP contribution in [0.4, 0.5) is 0 Å². The van der Waals surface area contributed by atoms with Crippen molar-refractivity contribution in [3.05, 3.63) is 47.5 Å². The zero-order valence-corrected chi connectivity index (χ0v) is 11.2. The fourth-order valence-electron chi connectivity index (χ4n) is 2.66. The van der Waals surface area contributed by atoms with Gasteiger partial charge >= 0.3 is 0 Å². The quantitative estimate of drug-likeness (QED) is 0.911. The van der Waals surface area contributed by atoms with E-state index in [-0.39, 0.29) is 6.04 Å². The number of aryl methyl sites for hydroxylation is 1. The van der Waals surface area contributed by atoms with E-state index < -0.39 is 0 Å². The third-order valence-electron chi connectivity index (χ3n) is 3.64. The molecule has 2 aromatic rings. The molecule has 1 aromatic heterocycles. The van der Waals surface area contributed by atoms with E-state index in [9.17, 15) is 0 Å². The Hall–Kier alpha value is -1.81. The summed E-state index contributed by atoms with van der Waals surface area (Å²) in [6, 6.07) is 8.36. The molecular formula is C15H19N3O. The minimum absolute atomic E-state index is 0.265. The Morgan fingerprint density at radius 3 is 3.11 bits per heavy atom. The molecule has 19 heavy (non-hydrogen) atoms. The highest BCUT2D eigenvalue weighted by Gasteiger charge is 2.17. The molecule has 0 saturated carbocycles. The fraction of sp³-hybridized carbons (Fsp3) is 0.400. The van der Waals surface area contributed by atoms with Crippen LogP contribution in [0, 0.1) is 0 Å². The fourth-order valence-corrected chi connectivity index (χ4v) is 2.66. The molecule has 1 aliphatic rings. The molecule has 3 rings (SSSR count). The Kier molecular flexibility index (Phi) is 3.25. The van der Waals surface area contributed by atoms with Crippen LogP contribution in [-0.4, -0.2) is 22.7 Å². The van der Waals surface area contributed by atoms with Gasteiger partial charge in [0.25, 0.3) is 0 Å². The number of nitrogens with two attached hydrogens (primary N) is 1. The van der Waals surface area contributed by atoms with E-state index in [0.717, 1.165) is 43.1 Å². The smallest absolute Gasteiger partial charge is 0.122 e. The first-order valence-corrected chi connectivity index (χ1v) is 6.68. The van der Waals surface area contributed by atoms with E-state index in [1.54, 1.807) is 7.11 Å². The van der Waals surface area contributed by atoms with E-state index in [1.165, 1.54) is 5.56 Å². The molecule has 0 amide bonds. The van der Waals surface area contributed by atoms with Crippen molar-refractivity contribution < 1.29 is 4.74 Å². The van der Waals surface area contributed by atoms with E-state index in [1.807, 2.05) is 18.2 Å². The van der Waals surface area contributed by atoms with Gasteiger partial charge in [0.2, 0.25) is 0 Å². The van der Waals surface area contributed by atoms with Crippen LogP contribution < -0.4 is 10.5 Å². The normalized spacial score (nSPS) is 18.1. The first-order chi connectivity index (χ1) is 9.26. The van der Waals surface area contributed by atoms with Gasteiger partial charge in [0.15, 0.2) is 0 Å². The van der Waals surface area contributed by atoms with Crippen molar-refractivity contribution in [3.63, 3.8) is 0 Å². The number of hydrogen-bond donors (Lipinski definition) is 1. The Labute approximate surface area is 113 Å². The molecule has 0 fully saturated rings. The second-order valence-electron chi connectivity index (χ2n) is 5.09. The van der Waals surface area contributed by atoms with Crippen molar-refractivity contribution in [2.45, 2.75) is 31.8 Å². The van der Waals surface area contributed by atoms with Crippen LogP contribution >= 0.6 is 0 Å². The maximum Gasteiger partial charge on any atom is 0.122 e. The van der Waals surface area contributed by atoms with Crippen LogP contribution in [0.1, 0.15) is 23.5 Å². The molecule has 4 heteroatoms. The standard InChI is InChI=1S/C15H19N3O/c1-19-14-5-3-2-4-11(14)8-13-10-18-9-12(16)6-7-15(18)17-13/h2-5,10,12H,6-9,16H2,1H3. The Bertz CT molecular complexity index is 577. The van der Waals surface area contributed by atoms with Gasteiger partial charge in [-0.25, -0.2) is 4.98 Å². The summed E-state index contributed by atoms with van der Waals surface area (Å²) in [5, 5.41) is 0. The third kappa shape index (κ3) is 2.49. The summed E-state index contributed by atoms with van der Waals surface area (Å²) in [6.45, 7) is 0.883. The van der Waals surface area contributed by atoms with Gasteiger partial charge in [0, 0.05) is 37.2 Å². The molecule has 1 unspecified atom stereocenters. The average molecular weight is 257 g/mol. The molecule has 0 spiro atoms. The number of rotatable bonds is 3. The molecule has 2 N–H and O–H groups in total. The number of methoxy groups -OCH3 is 1. The van der Waals surface area contributed by atoms with Gasteiger partial charge in [0.05, 0.1) is 12.8 Å². The number of imidazole rings is 1. The lowest BCUT2D eigenvalue weighted by Crippen LogP contribution is -2.31. The van der Waals surface area contributed by atoms with E-state index in [4.69, 9.17) is 15.5 Å². The van der Waals surface area contributed by atoms with Gasteiger partial charge in [-0.05, 0) is 12.5 Å². The zero-order valence-electron chi connectivity index (χ0n) is 11.2. The van der Waals surface area contributed by atoms with E-state index in [0.29, 0.717) is 0 Å². The van der Waals surface area contributed by atoms with Gasteiger partial charge in [0.1, 0.15) is 11.6 Å². The predicted molar refractivity (Wildman–Crippen MR) is 74.3 cm³/mol.